The predicted molar refractivity (Wildman–Crippen MR) is 90.2 cm³/mol. The molecule has 0 saturated heterocycles. The highest BCUT2D eigenvalue weighted by Crippen LogP contribution is 2.28. The van der Waals surface area contributed by atoms with E-state index in [-0.39, 0.29) is 0 Å². The van der Waals surface area contributed by atoms with Gasteiger partial charge in [-0.05, 0) is 51.2 Å². The van der Waals surface area contributed by atoms with Crippen LogP contribution in [-0.4, -0.2) is 29.5 Å². The zero-order chi connectivity index (χ0) is 15.5. The van der Waals surface area contributed by atoms with Gasteiger partial charge in [0.15, 0.2) is 0 Å². The molecular formula is C18H27N3O. The Labute approximate surface area is 132 Å². The van der Waals surface area contributed by atoms with Crippen molar-refractivity contribution in [2.45, 2.75) is 58.2 Å². The Morgan fingerprint density at radius 2 is 2.18 bits per heavy atom. The van der Waals surface area contributed by atoms with Gasteiger partial charge in [-0.15, -0.1) is 0 Å². The molecule has 1 saturated carbocycles. The monoisotopic (exact) mass is 301 g/mol. The number of aromatic nitrogens is 2. The summed E-state index contributed by atoms with van der Waals surface area (Å²) in [6, 6.07) is 7.68. The second-order valence-electron chi connectivity index (χ2n) is 6.49. The molecule has 0 bridgehead atoms. The summed E-state index contributed by atoms with van der Waals surface area (Å²) >= 11 is 0. The third kappa shape index (κ3) is 3.50. The van der Waals surface area contributed by atoms with Gasteiger partial charge in [0.1, 0.15) is 0 Å². The number of rotatable bonds is 8. The first-order valence-electron chi connectivity index (χ1n) is 8.41. The van der Waals surface area contributed by atoms with Crippen molar-refractivity contribution in [2.24, 2.45) is 0 Å². The molecule has 1 heterocycles. The van der Waals surface area contributed by atoms with Gasteiger partial charge in [-0.1, -0.05) is 12.1 Å². The molecule has 4 nitrogen and oxygen atoms in total. The van der Waals surface area contributed by atoms with E-state index in [1.807, 2.05) is 0 Å². The van der Waals surface area contributed by atoms with Crippen molar-refractivity contribution in [1.82, 2.24) is 15.1 Å². The second-order valence-corrected chi connectivity index (χ2v) is 6.49. The second kappa shape index (κ2) is 6.80. The quantitative estimate of drug-likeness (QED) is 0.757. The van der Waals surface area contributed by atoms with Crippen molar-refractivity contribution < 1.29 is 4.74 Å². The maximum absolute atomic E-state index is 5.14. The van der Waals surface area contributed by atoms with Gasteiger partial charge in [0.25, 0.3) is 0 Å². The third-order valence-electron chi connectivity index (χ3n) is 4.38. The number of ether oxygens (including phenoxy) is 1. The van der Waals surface area contributed by atoms with Crippen LogP contribution in [0.2, 0.25) is 0 Å². The minimum absolute atomic E-state index is 0.318. The third-order valence-corrected chi connectivity index (χ3v) is 4.38. The molecule has 4 heteroatoms. The van der Waals surface area contributed by atoms with Gasteiger partial charge in [-0.25, -0.2) is 0 Å². The van der Waals surface area contributed by atoms with Crippen LogP contribution in [0.3, 0.4) is 0 Å². The molecule has 1 aliphatic carbocycles. The number of aryl methyl sites for hydroxylation is 2. The Kier molecular flexibility index (Phi) is 4.79. The van der Waals surface area contributed by atoms with Crippen LogP contribution in [0.5, 0.6) is 0 Å². The summed E-state index contributed by atoms with van der Waals surface area (Å²) in [5.74, 6) is 0. The van der Waals surface area contributed by atoms with Crippen molar-refractivity contribution in [3.8, 4) is 0 Å². The molecule has 1 atom stereocenters. The molecule has 120 valence electrons. The SMILES string of the molecule is COCCCCn1nc(C(C)NC2CC2)c2ccc(C)cc21. The highest BCUT2D eigenvalue weighted by molar-refractivity contribution is 5.83. The molecule has 1 aliphatic rings. The van der Waals surface area contributed by atoms with Gasteiger partial charge in [0, 0.05) is 37.7 Å². The van der Waals surface area contributed by atoms with Crippen LogP contribution in [0, 0.1) is 6.92 Å². The fourth-order valence-electron chi connectivity index (χ4n) is 2.99. The van der Waals surface area contributed by atoms with E-state index in [9.17, 15) is 0 Å². The first-order valence-corrected chi connectivity index (χ1v) is 8.41. The zero-order valence-electron chi connectivity index (χ0n) is 13.9. The minimum atomic E-state index is 0.318. The fourth-order valence-corrected chi connectivity index (χ4v) is 2.99. The summed E-state index contributed by atoms with van der Waals surface area (Å²) in [6.07, 6.45) is 4.79. The van der Waals surface area contributed by atoms with Crippen molar-refractivity contribution >= 4 is 10.9 Å². The number of nitrogens with one attached hydrogen (secondary N) is 1. The normalized spacial score (nSPS) is 16.3. The van der Waals surface area contributed by atoms with Crippen LogP contribution in [0.25, 0.3) is 10.9 Å². The van der Waals surface area contributed by atoms with Crippen LogP contribution >= 0.6 is 0 Å². The summed E-state index contributed by atoms with van der Waals surface area (Å²) in [6.45, 7) is 6.16. The maximum Gasteiger partial charge on any atom is 0.0869 e. The molecule has 1 unspecified atom stereocenters. The first kappa shape index (κ1) is 15.5. The number of nitrogens with zero attached hydrogens (tertiary/aromatic N) is 2. The largest absolute Gasteiger partial charge is 0.385 e. The van der Waals surface area contributed by atoms with Gasteiger partial charge in [0.2, 0.25) is 0 Å². The lowest BCUT2D eigenvalue weighted by molar-refractivity contribution is 0.191. The molecule has 0 radical (unpaired) electrons. The molecule has 0 aliphatic heterocycles. The van der Waals surface area contributed by atoms with E-state index >= 15 is 0 Å². The minimum Gasteiger partial charge on any atom is -0.385 e. The van der Waals surface area contributed by atoms with Crippen LogP contribution in [0.4, 0.5) is 0 Å². The number of unbranched alkanes of at least 4 members (excludes halogenated alkanes) is 1. The summed E-state index contributed by atoms with van der Waals surface area (Å²) in [4.78, 5) is 0. The van der Waals surface area contributed by atoms with Crippen molar-refractivity contribution in [2.75, 3.05) is 13.7 Å². The van der Waals surface area contributed by atoms with Crippen LogP contribution in [0.1, 0.15) is 49.9 Å². The summed E-state index contributed by atoms with van der Waals surface area (Å²) in [5, 5.41) is 9.88. The van der Waals surface area contributed by atoms with E-state index in [1.165, 1.54) is 35.0 Å². The Bertz CT molecular complexity index is 631. The molecule has 22 heavy (non-hydrogen) atoms. The van der Waals surface area contributed by atoms with Crippen molar-refractivity contribution in [3.63, 3.8) is 0 Å². The van der Waals surface area contributed by atoms with E-state index in [2.05, 4.69) is 42.0 Å². The molecule has 0 spiro atoms. The average molecular weight is 301 g/mol. The topological polar surface area (TPSA) is 39.1 Å². The lowest BCUT2D eigenvalue weighted by Gasteiger charge is -2.10. The lowest BCUT2D eigenvalue weighted by Crippen LogP contribution is -2.21. The molecule has 3 rings (SSSR count). The molecule has 1 N–H and O–H groups in total. The van der Waals surface area contributed by atoms with Crippen LogP contribution < -0.4 is 5.32 Å². The van der Waals surface area contributed by atoms with Crippen molar-refractivity contribution in [3.05, 3.63) is 29.5 Å². The van der Waals surface area contributed by atoms with Crippen LogP contribution in [-0.2, 0) is 11.3 Å². The van der Waals surface area contributed by atoms with E-state index in [0.717, 1.165) is 26.0 Å². The Morgan fingerprint density at radius 3 is 2.91 bits per heavy atom. The summed E-state index contributed by atoms with van der Waals surface area (Å²) in [5.41, 5.74) is 3.74. The van der Waals surface area contributed by atoms with Crippen LogP contribution in [0.15, 0.2) is 18.2 Å². The Balaban J connectivity index is 1.84. The number of hydrogen-bond donors (Lipinski definition) is 1. The molecule has 1 aromatic carbocycles. The number of methoxy groups -OCH3 is 1. The van der Waals surface area contributed by atoms with Gasteiger partial charge in [-0.2, -0.15) is 5.10 Å². The first-order chi connectivity index (χ1) is 10.7. The van der Waals surface area contributed by atoms with E-state index in [1.54, 1.807) is 7.11 Å². The predicted octanol–water partition coefficient (Wildman–Crippen LogP) is 3.58. The maximum atomic E-state index is 5.14. The molecule has 0 amide bonds. The summed E-state index contributed by atoms with van der Waals surface area (Å²) < 4.78 is 7.32. The molecule has 1 aromatic heterocycles. The highest BCUT2D eigenvalue weighted by Gasteiger charge is 2.25. The molecule has 1 fully saturated rings. The molecule has 2 aromatic rings. The lowest BCUT2D eigenvalue weighted by atomic mass is 10.1. The van der Waals surface area contributed by atoms with Gasteiger partial charge in [0.05, 0.1) is 11.2 Å². The number of hydrogen-bond acceptors (Lipinski definition) is 3. The highest BCUT2D eigenvalue weighted by atomic mass is 16.5. The Morgan fingerprint density at radius 1 is 1.36 bits per heavy atom. The number of benzene rings is 1. The smallest absolute Gasteiger partial charge is 0.0869 e. The number of fused-ring (bicyclic) bond motifs is 1. The summed E-state index contributed by atoms with van der Waals surface area (Å²) in [7, 11) is 1.76. The van der Waals surface area contributed by atoms with Crippen molar-refractivity contribution in [1.29, 1.82) is 0 Å². The van der Waals surface area contributed by atoms with Gasteiger partial charge < -0.3 is 10.1 Å². The van der Waals surface area contributed by atoms with E-state index < -0.39 is 0 Å². The Hall–Kier alpha value is -1.39. The van der Waals surface area contributed by atoms with E-state index in [4.69, 9.17) is 9.84 Å². The van der Waals surface area contributed by atoms with Gasteiger partial charge >= 0.3 is 0 Å². The standard InChI is InChI=1S/C18H27N3O/c1-13-6-9-16-17(12-13)21(10-4-5-11-22-3)20-18(16)14(2)19-15-7-8-15/h6,9,12,14-15,19H,4-5,7-8,10-11H2,1-3H3. The van der Waals surface area contributed by atoms with Gasteiger partial charge in [-0.3, -0.25) is 4.68 Å². The average Bonchev–Trinajstić information content (AvgIpc) is 3.24. The zero-order valence-corrected chi connectivity index (χ0v) is 13.9. The van der Waals surface area contributed by atoms with E-state index in [0.29, 0.717) is 12.1 Å². The molecular weight excluding hydrogens is 274 g/mol. The fraction of sp³-hybridized carbons (Fsp3) is 0.611.